The second kappa shape index (κ2) is 8.52. The van der Waals surface area contributed by atoms with Crippen LogP contribution in [0.25, 0.3) is 11.1 Å². The van der Waals surface area contributed by atoms with Crippen LogP contribution in [0, 0.1) is 0 Å². The third-order valence-corrected chi connectivity index (χ3v) is 3.72. The summed E-state index contributed by atoms with van der Waals surface area (Å²) in [6.45, 7) is 0. The van der Waals surface area contributed by atoms with Crippen molar-refractivity contribution in [3.63, 3.8) is 0 Å². The molecule has 0 unspecified atom stereocenters. The van der Waals surface area contributed by atoms with Crippen molar-refractivity contribution < 1.29 is 57.5 Å². The summed E-state index contributed by atoms with van der Waals surface area (Å²) < 4.78 is 44.5. The van der Waals surface area contributed by atoms with Crippen LogP contribution in [0.1, 0.15) is 0 Å². The molecule has 0 saturated carbocycles. The molecule has 2 N–H and O–H groups in total. The van der Waals surface area contributed by atoms with E-state index in [0.717, 1.165) is 5.56 Å². The van der Waals surface area contributed by atoms with Crippen molar-refractivity contribution in [2.24, 2.45) is 0 Å². The van der Waals surface area contributed by atoms with Crippen LogP contribution in [-0.4, -0.2) is 32.7 Å². The minimum absolute atomic E-state index is 0. The number of hydrogen-bond donors (Lipinski definition) is 0. The Labute approximate surface area is 151 Å². The monoisotopic (exact) mass is 334 g/mol. The van der Waals surface area contributed by atoms with Crippen LogP contribution in [0.2, 0.25) is 0 Å². The van der Waals surface area contributed by atoms with Crippen LogP contribution in [0.4, 0.5) is 0 Å². The second-order valence-corrected chi connectivity index (χ2v) is 5.31. The summed E-state index contributed by atoms with van der Waals surface area (Å²) in [6.07, 6.45) is 0. The molecule has 0 saturated heterocycles. The van der Waals surface area contributed by atoms with Gasteiger partial charge in [0.1, 0.15) is 26.5 Å². The van der Waals surface area contributed by atoms with Gasteiger partial charge in [0.15, 0.2) is 0 Å². The van der Waals surface area contributed by atoms with E-state index in [0.29, 0.717) is 5.56 Å². The maximum Gasteiger partial charge on any atom is 1.00 e. The van der Waals surface area contributed by atoms with Crippen molar-refractivity contribution in [2.75, 3.05) is 14.2 Å². The van der Waals surface area contributed by atoms with Gasteiger partial charge < -0.3 is 19.5 Å². The normalized spacial score (nSPS) is 10.1. The van der Waals surface area contributed by atoms with E-state index >= 15 is 0 Å². The van der Waals surface area contributed by atoms with E-state index in [1.165, 1.54) is 20.3 Å². The van der Waals surface area contributed by atoms with Gasteiger partial charge in [-0.3, -0.25) is 0 Å². The summed E-state index contributed by atoms with van der Waals surface area (Å²) in [4.78, 5) is -0.483. The van der Waals surface area contributed by atoms with Gasteiger partial charge in [0.05, 0.1) is 14.2 Å². The van der Waals surface area contributed by atoms with Crippen LogP contribution in [-0.2, 0) is 10.1 Å². The molecule has 0 fully saturated rings. The molecule has 6 nitrogen and oxygen atoms in total. The fourth-order valence-corrected chi connectivity index (χ4v) is 2.81. The summed E-state index contributed by atoms with van der Waals surface area (Å²) in [5, 5.41) is 0. The predicted octanol–water partition coefficient (Wildman–Crippen LogP) is -1.55. The molecule has 0 aromatic heterocycles. The van der Waals surface area contributed by atoms with Crippen molar-refractivity contribution in [1.29, 1.82) is 0 Å². The van der Waals surface area contributed by atoms with Gasteiger partial charge in [-0.2, -0.15) is 0 Å². The average Bonchev–Trinajstić information content (AvgIpc) is 2.45. The summed E-state index contributed by atoms with van der Waals surface area (Å²) in [6, 6.07) is 12.1. The van der Waals surface area contributed by atoms with Crippen LogP contribution in [0.15, 0.2) is 47.4 Å². The van der Waals surface area contributed by atoms with Crippen LogP contribution < -0.4 is 39.0 Å². The Morgan fingerprint density at radius 3 is 2.00 bits per heavy atom. The molecule has 0 aliphatic heterocycles. The zero-order valence-corrected chi connectivity index (χ0v) is 15.3. The van der Waals surface area contributed by atoms with Crippen molar-refractivity contribution in [3.05, 3.63) is 42.5 Å². The van der Waals surface area contributed by atoms with E-state index in [2.05, 4.69) is 0 Å². The Morgan fingerprint density at radius 2 is 1.55 bits per heavy atom. The fraction of sp³-hybridized carbons (Fsp3) is 0.143. The van der Waals surface area contributed by atoms with Crippen LogP contribution >= 0.6 is 0 Å². The number of hydrogen-bond acceptors (Lipinski definition) is 5. The maximum absolute atomic E-state index is 11.5. The van der Waals surface area contributed by atoms with Gasteiger partial charge in [0, 0.05) is 5.56 Å². The van der Waals surface area contributed by atoms with E-state index < -0.39 is 15.0 Å². The first-order chi connectivity index (χ1) is 9.49. The molecule has 8 heteroatoms. The van der Waals surface area contributed by atoms with Gasteiger partial charge in [0.2, 0.25) is 0 Å². The van der Waals surface area contributed by atoms with Gasteiger partial charge in [-0.1, -0.05) is 30.3 Å². The molecule has 0 atom stereocenters. The van der Waals surface area contributed by atoms with E-state index in [-0.39, 0.29) is 46.5 Å². The summed E-state index contributed by atoms with van der Waals surface area (Å²) >= 11 is 0. The van der Waals surface area contributed by atoms with Crippen molar-refractivity contribution >= 4 is 10.1 Å². The molecule has 0 amide bonds. The van der Waals surface area contributed by atoms with E-state index in [1.807, 2.05) is 18.2 Å². The third-order valence-electron chi connectivity index (χ3n) is 2.83. The predicted molar refractivity (Wildman–Crippen MR) is 76.6 cm³/mol. The van der Waals surface area contributed by atoms with Gasteiger partial charge in [-0.05, 0) is 17.7 Å². The Kier molecular flexibility index (Phi) is 8.10. The zero-order valence-electron chi connectivity index (χ0n) is 12.5. The van der Waals surface area contributed by atoms with Crippen molar-refractivity contribution in [3.8, 4) is 22.6 Å². The van der Waals surface area contributed by atoms with E-state index in [9.17, 15) is 13.0 Å². The topological polar surface area (TPSA) is 107 Å². The van der Waals surface area contributed by atoms with E-state index in [4.69, 9.17) is 9.47 Å². The molecular formula is C14H15NaO6S. The maximum atomic E-state index is 11.5. The van der Waals surface area contributed by atoms with Crippen LogP contribution in [0.5, 0.6) is 11.5 Å². The molecule has 0 heterocycles. The SMILES string of the molecule is COc1ccc(-c2ccccc2)c(OC)c1S(=O)(=O)[O-].O.[Na+]. The molecule has 0 radical (unpaired) electrons. The molecule has 0 bridgehead atoms. The molecule has 114 valence electrons. The zero-order chi connectivity index (χ0) is 14.8. The minimum Gasteiger partial charge on any atom is -0.744 e. The van der Waals surface area contributed by atoms with Gasteiger partial charge >= 0.3 is 29.6 Å². The molecular weight excluding hydrogens is 319 g/mol. The molecule has 0 spiro atoms. The van der Waals surface area contributed by atoms with Gasteiger partial charge in [-0.25, -0.2) is 8.42 Å². The number of benzene rings is 2. The first kappa shape index (κ1) is 20.9. The molecule has 2 aromatic carbocycles. The quantitative estimate of drug-likeness (QED) is 0.497. The summed E-state index contributed by atoms with van der Waals surface area (Å²) in [5.74, 6) is -0.0397. The standard InChI is InChI=1S/C14H14O5S.Na.H2O/c1-18-12-9-8-11(10-6-4-3-5-7-10)13(19-2)14(12)20(15,16)17;;/h3-9H,1-2H3,(H,15,16,17);;1H2/q;+1;/p-1. The first-order valence-electron chi connectivity index (χ1n) is 5.75. The number of rotatable bonds is 4. The van der Waals surface area contributed by atoms with E-state index in [1.54, 1.807) is 18.2 Å². The Bertz CT molecular complexity index is 716. The smallest absolute Gasteiger partial charge is 0.744 e. The average molecular weight is 334 g/mol. The fourth-order valence-electron chi connectivity index (χ4n) is 1.99. The number of methoxy groups -OCH3 is 2. The molecule has 2 aromatic rings. The Morgan fingerprint density at radius 1 is 0.955 bits per heavy atom. The first-order valence-corrected chi connectivity index (χ1v) is 7.16. The second-order valence-electron chi connectivity index (χ2n) is 4.00. The van der Waals surface area contributed by atoms with Crippen LogP contribution in [0.3, 0.4) is 0 Å². The molecule has 0 aliphatic carbocycles. The Balaban J connectivity index is 0.00000220. The molecule has 22 heavy (non-hydrogen) atoms. The van der Waals surface area contributed by atoms with Crippen molar-refractivity contribution in [2.45, 2.75) is 4.90 Å². The minimum atomic E-state index is -4.72. The Hall–Kier alpha value is -1.09. The van der Waals surface area contributed by atoms with Crippen molar-refractivity contribution in [1.82, 2.24) is 0 Å². The molecule has 0 aliphatic rings. The third kappa shape index (κ3) is 4.22. The largest absolute Gasteiger partial charge is 1.00 e. The molecule has 2 rings (SSSR count). The van der Waals surface area contributed by atoms with Gasteiger partial charge in [-0.15, -0.1) is 0 Å². The van der Waals surface area contributed by atoms with Gasteiger partial charge in [0.25, 0.3) is 0 Å². The summed E-state index contributed by atoms with van der Waals surface area (Å²) in [7, 11) is -2.11. The summed E-state index contributed by atoms with van der Waals surface area (Å²) in [5.41, 5.74) is 1.26. The number of ether oxygens (including phenoxy) is 2.